The molecule has 0 unspecified atom stereocenters. The summed E-state index contributed by atoms with van der Waals surface area (Å²) in [4.78, 5) is 20.3. The molecule has 0 fully saturated rings. The van der Waals surface area contributed by atoms with Gasteiger partial charge in [0.2, 0.25) is 0 Å². The third-order valence-corrected chi connectivity index (χ3v) is 2.76. The number of unbranched alkanes of at least 4 members (excludes halogenated alkanes) is 8. The SMILES string of the molecule is O=C([O-])CCCCCCCCCCCC(=O)[O-].[Li+].[Li+]. The number of hydrogen-bond acceptors (Lipinski definition) is 4. The van der Waals surface area contributed by atoms with E-state index in [4.69, 9.17) is 0 Å². The Labute approximate surface area is 140 Å². The van der Waals surface area contributed by atoms with Gasteiger partial charge in [0.25, 0.3) is 0 Å². The second-order valence-electron chi connectivity index (χ2n) is 4.43. The van der Waals surface area contributed by atoms with Gasteiger partial charge in [-0.3, -0.25) is 0 Å². The van der Waals surface area contributed by atoms with Crippen LogP contribution in [0.25, 0.3) is 0 Å². The summed E-state index contributed by atoms with van der Waals surface area (Å²) in [7, 11) is 0. The summed E-state index contributed by atoms with van der Waals surface area (Å²) in [6.07, 6.45) is 9.25. The quantitative estimate of drug-likeness (QED) is 0.258. The Morgan fingerprint density at radius 3 is 0.947 bits per heavy atom. The number of carbonyl (C=O) groups excluding carboxylic acids is 2. The van der Waals surface area contributed by atoms with Gasteiger partial charge in [0.15, 0.2) is 0 Å². The van der Waals surface area contributed by atoms with E-state index in [1.54, 1.807) is 0 Å². The van der Waals surface area contributed by atoms with Crippen LogP contribution in [0.2, 0.25) is 0 Å². The van der Waals surface area contributed by atoms with Crippen molar-refractivity contribution in [2.75, 3.05) is 0 Å². The Morgan fingerprint density at radius 1 is 0.526 bits per heavy atom. The molecule has 0 aliphatic heterocycles. The average molecular weight is 256 g/mol. The van der Waals surface area contributed by atoms with E-state index in [1.807, 2.05) is 0 Å². The largest absolute Gasteiger partial charge is 1.00 e. The van der Waals surface area contributed by atoms with Crippen molar-refractivity contribution in [3.8, 4) is 0 Å². The first-order valence-corrected chi connectivity index (χ1v) is 6.52. The molecule has 0 radical (unpaired) electrons. The summed E-state index contributed by atoms with van der Waals surface area (Å²) in [5.74, 6) is -1.92. The van der Waals surface area contributed by atoms with Crippen LogP contribution in [0.4, 0.5) is 0 Å². The van der Waals surface area contributed by atoms with Crippen molar-refractivity contribution in [3.05, 3.63) is 0 Å². The van der Waals surface area contributed by atoms with Crippen LogP contribution in [-0.2, 0) is 9.59 Å². The number of aliphatic carboxylic acids is 2. The predicted molar refractivity (Wildman–Crippen MR) is 60.8 cm³/mol. The Morgan fingerprint density at radius 2 is 0.737 bits per heavy atom. The number of hydrogen-bond donors (Lipinski definition) is 0. The molecule has 0 amide bonds. The molecule has 0 spiro atoms. The zero-order chi connectivity index (χ0) is 12.9. The maximum Gasteiger partial charge on any atom is 1.00 e. The first-order chi connectivity index (χ1) is 8.13. The molecule has 0 rings (SSSR count). The van der Waals surface area contributed by atoms with Crippen molar-refractivity contribution in [1.82, 2.24) is 0 Å². The topological polar surface area (TPSA) is 80.3 Å². The fourth-order valence-corrected chi connectivity index (χ4v) is 1.78. The van der Waals surface area contributed by atoms with Gasteiger partial charge < -0.3 is 19.8 Å². The van der Waals surface area contributed by atoms with Gasteiger partial charge in [-0.25, -0.2) is 0 Å². The smallest absolute Gasteiger partial charge is 0.550 e. The second kappa shape index (κ2) is 18.1. The van der Waals surface area contributed by atoms with E-state index in [-0.39, 0.29) is 50.6 Å². The Balaban J connectivity index is -0.00000128. The van der Waals surface area contributed by atoms with E-state index in [0.717, 1.165) is 44.9 Å². The predicted octanol–water partition coefficient (Wildman–Crippen LogP) is -5.21. The number of carbonyl (C=O) groups is 2. The van der Waals surface area contributed by atoms with Gasteiger partial charge in [-0.15, -0.1) is 0 Å². The number of rotatable bonds is 12. The van der Waals surface area contributed by atoms with Crippen LogP contribution in [0, 0.1) is 0 Å². The molecule has 100 valence electrons. The summed E-state index contributed by atoms with van der Waals surface area (Å²) in [5, 5.41) is 20.3. The van der Waals surface area contributed by atoms with Gasteiger partial charge in [-0.2, -0.15) is 0 Å². The monoisotopic (exact) mass is 256 g/mol. The van der Waals surface area contributed by atoms with E-state index >= 15 is 0 Å². The van der Waals surface area contributed by atoms with Gasteiger partial charge >= 0.3 is 37.7 Å². The van der Waals surface area contributed by atoms with Gasteiger partial charge in [-0.05, 0) is 25.7 Å². The minimum atomic E-state index is -0.960. The van der Waals surface area contributed by atoms with Crippen LogP contribution in [0.1, 0.15) is 70.6 Å². The molecule has 0 aromatic heterocycles. The summed E-state index contributed by atoms with van der Waals surface area (Å²) < 4.78 is 0. The van der Waals surface area contributed by atoms with E-state index in [9.17, 15) is 19.8 Å². The van der Waals surface area contributed by atoms with E-state index in [0.29, 0.717) is 12.8 Å². The van der Waals surface area contributed by atoms with E-state index in [1.165, 1.54) is 0 Å². The molecule has 0 atom stereocenters. The molecule has 0 aromatic carbocycles. The summed E-state index contributed by atoms with van der Waals surface area (Å²) in [6, 6.07) is 0. The van der Waals surface area contributed by atoms with Crippen LogP contribution >= 0.6 is 0 Å². The van der Waals surface area contributed by atoms with Gasteiger partial charge in [0.05, 0.1) is 0 Å². The standard InChI is InChI=1S/C13H24O4.2Li/c14-12(15)10-8-6-4-2-1-3-5-7-9-11-13(16)17;;/h1-11H2,(H,14,15)(H,16,17);;/q;2*+1/p-2. The minimum absolute atomic E-state index is 0. The number of carboxylic acid groups (broad SMARTS) is 2. The van der Waals surface area contributed by atoms with E-state index in [2.05, 4.69) is 0 Å². The van der Waals surface area contributed by atoms with Crippen LogP contribution in [0.3, 0.4) is 0 Å². The average Bonchev–Trinajstić information content (AvgIpc) is 2.25. The minimum Gasteiger partial charge on any atom is -0.550 e. The van der Waals surface area contributed by atoms with Crippen molar-refractivity contribution in [3.63, 3.8) is 0 Å². The molecule has 6 heteroatoms. The Kier molecular flexibility index (Phi) is 23.1. The van der Waals surface area contributed by atoms with Crippen LogP contribution in [0.5, 0.6) is 0 Å². The normalized spacial score (nSPS) is 9.26. The van der Waals surface area contributed by atoms with E-state index < -0.39 is 11.9 Å². The van der Waals surface area contributed by atoms with Crippen molar-refractivity contribution >= 4 is 11.9 Å². The molecule has 0 aromatic rings. The number of carboxylic acids is 2. The first kappa shape index (κ1) is 24.2. The fraction of sp³-hybridized carbons (Fsp3) is 0.846. The fourth-order valence-electron chi connectivity index (χ4n) is 1.78. The molecule has 0 heterocycles. The van der Waals surface area contributed by atoms with Crippen LogP contribution in [0.15, 0.2) is 0 Å². The van der Waals surface area contributed by atoms with Crippen molar-refractivity contribution in [1.29, 1.82) is 0 Å². The van der Waals surface area contributed by atoms with Gasteiger partial charge in [-0.1, -0.05) is 44.9 Å². The van der Waals surface area contributed by atoms with Crippen LogP contribution in [-0.4, -0.2) is 11.9 Å². The molecule has 0 saturated carbocycles. The zero-order valence-electron chi connectivity index (χ0n) is 12.4. The van der Waals surface area contributed by atoms with Crippen molar-refractivity contribution in [2.24, 2.45) is 0 Å². The summed E-state index contributed by atoms with van der Waals surface area (Å²) in [6.45, 7) is 0. The van der Waals surface area contributed by atoms with Gasteiger partial charge in [0.1, 0.15) is 0 Å². The summed E-state index contributed by atoms with van der Waals surface area (Å²) >= 11 is 0. The van der Waals surface area contributed by atoms with Crippen LogP contribution < -0.4 is 47.9 Å². The Hall–Kier alpha value is 0.135. The van der Waals surface area contributed by atoms with Crippen molar-refractivity contribution in [2.45, 2.75) is 70.6 Å². The molecule has 4 nitrogen and oxygen atoms in total. The third kappa shape index (κ3) is 23.6. The Bertz CT molecular complexity index is 201. The summed E-state index contributed by atoms with van der Waals surface area (Å²) in [5.41, 5.74) is 0. The molecule has 0 aliphatic rings. The molecule has 0 bridgehead atoms. The molecular formula is C13H22Li2O4. The molecular weight excluding hydrogens is 234 g/mol. The molecule has 0 N–H and O–H groups in total. The van der Waals surface area contributed by atoms with Gasteiger partial charge in [0, 0.05) is 11.9 Å². The molecule has 0 saturated heterocycles. The maximum atomic E-state index is 10.1. The third-order valence-electron chi connectivity index (χ3n) is 2.76. The van der Waals surface area contributed by atoms with Crippen molar-refractivity contribution < 1.29 is 57.5 Å². The maximum absolute atomic E-state index is 10.1. The zero-order valence-corrected chi connectivity index (χ0v) is 12.4. The molecule has 19 heavy (non-hydrogen) atoms. The first-order valence-electron chi connectivity index (χ1n) is 6.52. The molecule has 0 aliphatic carbocycles. The second-order valence-corrected chi connectivity index (χ2v) is 4.43.